The molecular weight excluding hydrogens is 389 g/mol. The van der Waals surface area contributed by atoms with Crippen LogP contribution in [0.4, 0.5) is 4.39 Å². The van der Waals surface area contributed by atoms with Gasteiger partial charge in [0.15, 0.2) is 0 Å². The first-order chi connectivity index (χ1) is 12.9. The van der Waals surface area contributed by atoms with Crippen LogP contribution in [0.1, 0.15) is 35.1 Å². The molecule has 0 aromatic heterocycles. The predicted molar refractivity (Wildman–Crippen MR) is 104 cm³/mol. The highest BCUT2D eigenvalue weighted by Gasteiger charge is 2.43. The summed E-state index contributed by atoms with van der Waals surface area (Å²) in [6.45, 7) is 3.51. The quantitative estimate of drug-likeness (QED) is 0.690. The molecule has 3 rings (SSSR count). The lowest BCUT2D eigenvalue weighted by atomic mass is 10.1. The van der Waals surface area contributed by atoms with E-state index in [1.165, 1.54) is 40.9 Å². The van der Waals surface area contributed by atoms with Gasteiger partial charge in [-0.2, -0.15) is 0 Å². The molecule has 7 heteroatoms. The number of esters is 1. The zero-order chi connectivity index (χ0) is 19.6. The van der Waals surface area contributed by atoms with Crippen LogP contribution in [-0.2, 0) is 9.53 Å². The van der Waals surface area contributed by atoms with Crippen LogP contribution in [0.5, 0.6) is 0 Å². The highest BCUT2D eigenvalue weighted by molar-refractivity contribution is 7.99. The van der Waals surface area contributed by atoms with Crippen molar-refractivity contribution >= 4 is 35.2 Å². The molecule has 27 heavy (non-hydrogen) atoms. The minimum Gasteiger partial charge on any atom is -0.461 e. The van der Waals surface area contributed by atoms with Gasteiger partial charge >= 0.3 is 5.97 Å². The Kier molecular flexibility index (Phi) is 6.07. The molecule has 2 aromatic rings. The maximum atomic E-state index is 13.6. The van der Waals surface area contributed by atoms with E-state index in [4.69, 9.17) is 16.3 Å². The SMILES string of the molecule is CC(C)OC(=O)C1CSC(c2cccc(Cl)c2)N1C(=O)c1cccc(F)c1. The second-order valence-electron chi connectivity index (χ2n) is 6.46. The summed E-state index contributed by atoms with van der Waals surface area (Å²) in [6.07, 6.45) is -0.293. The lowest BCUT2D eigenvalue weighted by Crippen LogP contribution is -2.44. The van der Waals surface area contributed by atoms with Gasteiger partial charge in [0.1, 0.15) is 17.2 Å². The third kappa shape index (κ3) is 4.45. The molecule has 1 aliphatic rings. The number of nitrogens with zero attached hydrogens (tertiary/aromatic N) is 1. The van der Waals surface area contributed by atoms with Crippen molar-refractivity contribution in [1.29, 1.82) is 0 Å². The number of benzene rings is 2. The lowest BCUT2D eigenvalue weighted by molar-refractivity contribution is -0.151. The van der Waals surface area contributed by atoms with Gasteiger partial charge in [-0.25, -0.2) is 9.18 Å². The standard InChI is InChI=1S/C20H19ClFNO3S/c1-12(2)26-20(25)17-11-27-19(14-6-3-7-15(21)9-14)23(17)18(24)13-5-4-8-16(22)10-13/h3-10,12,17,19H,11H2,1-2H3. The van der Waals surface area contributed by atoms with Gasteiger partial charge in [0.25, 0.3) is 5.91 Å². The normalized spacial score (nSPS) is 19.4. The van der Waals surface area contributed by atoms with Crippen LogP contribution in [0.15, 0.2) is 48.5 Å². The minimum absolute atomic E-state index is 0.187. The summed E-state index contributed by atoms with van der Waals surface area (Å²) in [4.78, 5) is 27.2. The highest BCUT2D eigenvalue weighted by atomic mass is 35.5. The molecule has 0 spiro atoms. The molecule has 2 atom stereocenters. The molecule has 0 radical (unpaired) electrons. The van der Waals surface area contributed by atoms with E-state index in [1.54, 1.807) is 32.0 Å². The molecule has 2 aromatic carbocycles. The Bertz CT molecular complexity index is 861. The van der Waals surface area contributed by atoms with E-state index in [0.29, 0.717) is 10.8 Å². The maximum absolute atomic E-state index is 13.6. The van der Waals surface area contributed by atoms with Crippen LogP contribution in [0.25, 0.3) is 0 Å². The largest absolute Gasteiger partial charge is 0.461 e. The van der Waals surface area contributed by atoms with Crippen molar-refractivity contribution in [3.8, 4) is 0 Å². The Morgan fingerprint density at radius 1 is 1.22 bits per heavy atom. The smallest absolute Gasteiger partial charge is 0.330 e. The molecule has 1 heterocycles. The lowest BCUT2D eigenvalue weighted by Gasteiger charge is -2.29. The van der Waals surface area contributed by atoms with Gasteiger partial charge in [0.05, 0.1) is 6.10 Å². The van der Waals surface area contributed by atoms with E-state index in [-0.39, 0.29) is 11.7 Å². The number of hydrogen-bond acceptors (Lipinski definition) is 4. The summed E-state index contributed by atoms with van der Waals surface area (Å²) in [5.41, 5.74) is 0.990. The van der Waals surface area contributed by atoms with E-state index in [9.17, 15) is 14.0 Å². The zero-order valence-corrected chi connectivity index (χ0v) is 16.5. The molecule has 2 unspecified atom stereocenters. The molecule has 4 nitrogen and oxygen atoms in total. The van der Waals surface area contributed by atoms with E-state index in [2.05, 4.69) is 0 Å². The van der Waals surface area contributed by atoms with Crippen molar-refractivity contribution in [3.05, 3.63) is 70.5 Å². The first-order valence-corrected chi connectivity index (χ1v) is 9.95. The molecule has 0 bridgehead atoms. The summed E-state index contributed by atoms with van der Waals surface area (Å²) in [5, 5.41) is 0.128. The molecule has 142 valence electrons. The fourth-order valence-electron chi connectivity index (χ4n) is 2.93. The van der Waals surface area contributed by atoms with Crippen LogP contribution in [-0.4, -0.2) is 34.7 Å². The molecule has 1 fully saturated rings. The van der Waals surface area contributed by atoms with Crippen LogP contribution in [0.3, 0.4) is 0 Å². The van der Waals surface area contributed by atoms with Gasteiger partial charge in [-0.1, -0.05) is 29.8 Å². The van der Waals surface area contributed by atoms with E-state index >= 15 is 0 Å². The third-order valence-corrected chi connectivity index (χ3v) is 5.62. The number of hydrogen-bond donors (Lipinski definition) is 0. The van der Waals surface area contributed by atoms with E-state index in [0.717, 1.165) is 5.56 Å². The summed E-state index contributed by atoms with van der Waals surface area (Å²) in [5.74, 6) is -1.00. The highest BCUT2D eigenvalue weighted by Crippen LogP contribution is 2.43. The van der Waals surface area contributed by atoms with Gasteiger partial charge in [-0.15, -0.1) is 11.8 Å². The van der Waals surface area contributed by atoms with Crippen molar-refractivity contribution in [3.63, 3.8) is 0 Å². The van der Waals surface area contributed by atoms with Crippen molar-refractivity contribution < 1.29 is 18.7 Å². The zero-order valence-electron chi connectivity index (χ0n) is 14.9. The van der Waals surface area contributed by atoms with E-state index in [1.807, 2.05) is 6.07 Å². The maximum Gasteiger partial charge on any atom is 0.330 e. The first kappa shape index (κ1) is 19.7. The number of rotatable bonds is 4. The number of carbonyl (C=O) groups is 2. The Hall–Kier alpha value is -2.05. The van der Waals surface area contributed by atoms with Crippen molar-refractivity contribution in [1.82, 2.24) is 4.90 Å². The van der Waals surface area contributed by atoms with Crippen molar-refractivity contribution in [2.75, 3.05) is 5.75 Å². The topological polar surface area (TPSA) is 46.6 Å². The Morgan fingerprint density at radius 2 is 1.96 bits per heavy atom. The van der Waals surface area contributed by atoms with Gasteiger partial charge in [0, 0.05) is 16.3 Å². The molecule has 1 saturated heterocycles. The van der Waals surface area contributed by atoms with Gasteiger partial charge in [0.2, 0.25) is 0 Å². The Balaban J connectivity index is 1.98. The van der Waals surface area contributed by atoms with Crippen LogP contribution in [0, 0.1) is 5.82 Å². The summed E-state index contributed by atoms with van der Waals surface area (Å²) < 4.78 is 19.0. The summed E-state index contributed by atoms with van der Waals surface area (Å²) >= 11 is 7.56. The molecule has 0 N–H and O–H groups in total. The minimum atomic E-state index is -0.753. The monoisotopic (exact) mass is 407 g/mol. The fraction of sp³-hybridized carbons (Fsp3) is 0.300. The fourth-order valence-corrected chi connectivity index (χ4v) is 4.54. The van der Waals surface area contributed by atoms with Gasteiger partial charge < -0.3 is 9.64 Å². The average molecular weight is 408 g/mol. The second kappa shape index (κ2) is 8.31. The Labute approximate surface area is 166 Å². The number of carbonyl (C=O) groups excluding carboxylic acids is 2. The number of halogens is 2. The van der Waals surface area contributed by atoms with Crippen LogP contribution < -0.4 is 0 Å². The molecule has 1 aliphatic heterocycles. The average Bonchev–Trinajstić information content (AvgIpc) is 3.05. The van der Waals surface area contributed by atoms with Crippen molar-refractivity contribution in [2.24, 2.45) is 0 Å². The number of thioether (sulfide) groups is 1. The predicted octanol–water partition coefficient (Wildman–Crippen LogP) is 4.69. The van der Waals surface area contributed by atoms with Crippen LogP contribution in [0.2, 0.25) is 5.02 Å². The molecule has 0 saturated carbocycles. The van der Waals surface area contributed by atoms with Crippen LogP contribution >= 0.6 is 23.4 Å². The van der Waals surface area contributed by atoms with Crippen molar-refractivity contribution in [2.45, 2.75) is 31.4 Å². The summed E-state index contributed by atoms with van der Waals surface area (Å²) in [6, 6.07) is 11.9. The van der Waals surface area contributed by atoms with E-state index < -0.39 is 29.1 Å². The number of ether oxygens (including phenoxy) is 1. The second-order valence-corrected chi connectivity index (χ2v) is 8.01. The van der Waals surface area contributed by atoms with Gasteiger partial charge in [-0.3, -0.25) is 4.79 Å². The first-order valence-electron chi connectivity index (χ1n) is 8.52. The van der Waals surface area contributed by atoms with Gasteiger partial charge in [-0.05, 0) is 49.7 Å². The molecule has 0 aliphatic carbocycles. The molecular formula is C20H19ClFNO3S. The summed E-state index contributed by atoms with van der Waals surface area (Å²) in [7, 11) is 0. The number of amides is 1. The molecule has 1 amide bonds. The Morgan fingerprint density at radius 3 is 2.63 bits per heavy atom. The third-order valence-electron chi connectivity index (χ3n) is 4.06.